The number of rotatable bonds is 4. The Kier molecular flexibility index (Phi) is 5.82. The van der Waals surface area contributed by atoms with Gasteiger partial charge in [0, 0.05) is 26.0 Å². The van der Waals surface area contributed by atoms with Crippen LogP contribution in [-0.2, 0) is 16.9 Å². The van der Waals surface area contributed by atoms with Crippen molar-refractivity contribution in [2.24, 2.45) is 0 Å². The molecule has 6 heteroatoms. The zero-order valence-corrected chi connectivity index (χ0v) is 16.3. The number of amides is 1. The Labute approximate surface area is 165 Å². The van der Waals surface area contributed by atoms with Gasteiger partial charge in [-0.25, -0.2) is 0 Å². The van der Waals surface area contributed by atoms with Crippen LogP contribution in [0.5, 0.6) is 0 Å². The van der Waals surface area contributed by atoms with E-state index < -0.39 is 5.54 Å². The molecular weight excluding hydrogens is 360 g/mol. The number of carbonyl (C=O) groups is 1. The van der Waals surface area contributed by atoms with Crippen LogP contribution < -0.4 is 5.32 Å². The minimum absolute atomic E-state index is 0. The third-order valence-corrected chi connectivity index (χ3v) is 5.41. The number of hydrogen-bond acceptors (Lipinski definition) is 3. The molecule has 0 bridgehead atoms. The van der Waals surface area contributed by atoms with E-state index in [0.29, 0.717) is 6.54 Å². The summed E-state index contributed by atoms with van der Waals surface area (Å²) in [6, 6.07) is 16.5. The highest BCUT2D eigenvalue weighted by molar-refractivity contribution is 5.87. The summed E-state index contributed by atoms with van der Waals surface area (Å²) in [5.74, 6) is 0.135. The number of hydrogen-bond donors (Lipinski definition) is 1. The van der Waals surface area contributed by atoms with Crippen molar-refractivity contribution in [1.82, 2.24) is 20.0 Å². The molecule has 1 aromatic heterocycles. The van der Waals surface area contributed by atoms with E-state index in [4.69, 9.17) is 0 Å². The first-order valence-electron chi connectivity index (χ1n) is 9.14. The number of halogens is 1. The first-order chi connectivity index (χ1) is 12.7. The maximum atomic E-state index is 13.5. The lowest BCUT2D eigenvalue weighted by molar-refractivity contribution is -0.142. The van der Waals surface area contributed by atoms with Crippen LogP contribution in [0, 0.1) is 0 Å². The van der Waals surface area contributed by atoms with Gasteiger partial charge in [-0.1, -0.05) is 42.5 Å². The zero-order chi connectivity index (χ0) is 18.0. The van der Waals surface area contributed by atoms with Gasteiger partial charge in [-0.05, 0) is 48.3 Å². The fourth-order valence-corrected chi connectivity index (χ4v) is 4.02. The molecule has 0 atom stereocenters. The molecule has 0 saturated carbocycles. The molecule has 27 heavy (non-hydrogen) atoms. The number of carbonyl (C=O) groups excluding carboxylic acids is 1. The summed E-state index contributed by atoms with van der Waals surface area (Å²) in [6.45, 7) is 2.25. The summed E-state index contributed by atoms with van der Waals surface area (Å²) < 4.78 is 1.86. The minimum atomic E-state index is -0.589. The summed E-state index contributed by atoms with van der Waals surface area (Å²) in [4.78, 5) is 15.4. The molecule has 1 saturated heterocycles. The lowest BCUT2D eigenvalue weighted by atomic mass is 9.86. The van der Waals surface area contributed by atoms with Crippen molar-refractivity contribution in [2.75, 3.05) is 20.1 Å². The number of benzene rings is 2. The van der Waals surface area contributed by atoms with Crippen molar-refractivity contribution in [3.63, 3.8) is 0 Å². The summed E-state index contributed by atoms with van der Waals surface area (Å²) in [6.07, 6.45) is 5.18. The molecule has 0 radical (unpaired) electrons. The van der Waals surface area contributed by atoms with Gasteiger partial charge >= 0.3 is 0 Å². The lowest BCUT2D eigenvalue weighted by Gasteiger charge is -2.39. The predicted molar refractivity (Wildman–Crippen MR) is 110 cm³/mol. The van der Waals surface area contributed by atoms with Crippen molar-refractivity contribution in [3.05, 3.63) is 66.5 Å². The second-order valence-electron chi connectivity index (χ2n) is 7.03. The number of nitrogens with one attached hydrogen (secondary N) is 1. The molecule has 4 rings (SSSR count). The molecule has 2 heterocycles. The smallest absolute Gasteiger partial charge is 0.250 e. The summed E-state index contributed by atoms with van der Waals surface area (Å²) in [7, 11) is 1.90. The number of piperidine rings is 1. The van der Waals surface area contributed by atoms with Gasteiger partial charge in [0.1, 0.15) is 5.54 Å². The number of fused-ring (bicyclic) bond motifs is 1. The van der Waals surface area contributed by atoms with Crippen LogP contribution in [0.2, 0.25) is 0 Å². The van der Waals surface area contributed by atoms with Crippen LogP contribution in [0.3, 0.4) is 0 Å². The molecule has 0 spiro atoms. The fraction of sp³-hybridized carbons (Fsp3) is 0.333. The molecular formula is C21H25ClN4O. The average Bonchev–Trinajstić information content (AvgIpc) is 3.23. The second kappa shape index (κ2) is 8.11. The van der Waals surface area contributed by atoms with Crippen LogP contribution in [0.4, 0.5) is 0 Å². The van der Waals surface area contributed by atoms with E-state index in [-0.39, 0.29) is 18.3 Å². The molecule has 1 aliphatic rings. The molecule has 1 N–H and O–H groups in total. The normalized spacial score (nSPS) is 15.9. The average molecular weight is 385 g/mol. The molecule has 0 unspecified atom stereocenters. The Hall–Kier alpha value is -2.37. The second-order valence-corrected chi connectivity index (χ2v) is 7.03. The maximum absolute atomic E-state index is 13.5. The molecule has 1 aliphatic heterocycles. The van der Waals surface area contributed by atoms with Crippen LogP contribution in [0.1, 0.15) is 18.4 Å². The van der Waals surface area contributed by atoms with E-state index in [1.165, 1.54) is 16.3 Å². The Morgan fingerprint density at radius 2 is 1.89 bits per heavy atom. The van der Waals surface area contributed by atoms with Crippen LogP contribution in [-0.4, -0.2) is 40.7 Å². The third kappa shape index (κ3) is 3.57. The predicted octanol–water partition coefficient (Wildman–Crippen LogP) is 3.20. The Morgan fingerprint density at radius 3 is 2.63 bits per heavy atom. The maximum Gasteiger partial charge on any atom is 0.250 e. The van der Waals surface area contributed by atoms with Gasteiger partial charge in [0.15, 0.2) is 0 Å². The number of aromatic nitrogens is 2. The van der Waals surface area contributed by atoms with E-state index in [0.717, 1.165) is 25.9 Å². The molecule has 142 valence electrons. The molecule has 0 aliphatic carbocycles. The molecule has 1 amide bonds. The van der Waals surface area contributed by atoms with Gasteiger partial charge in [-0.15, -0.1) is 12.4 Å². The highest BCUT2D eigenvalue weighted by atomic mass is 35.5. The van der Waals surface area contributed by atoms with Gasteiger partial charge in [-0.2, -0.15) is 5.10 Å². The van der Waals surface area contributed by atoms with Crippen molar-refractivity contribution < 1.29 is 4.79 Å². The molecule has 1 fully saturated rings. The van der Waals surface area contributed by atoms with Gasteiger partial charge in [-0.3, -0.25) is 9.48 Å². The van der Waals surface area contributed by atoms with Crippen molar-refractivity contribution in [1.29, 1.82) is 0 Å². The zero-order valence-electron chi connectivity index (χ0n) is 15.5. The monoisotopic (exact) mass is 384 g/mol. The summed E-state index contributed by atoms with van der Waals surface area (Å²) in [5.41, 5.74) is 0.581. The molecule has 5 nitrogen and oxygen atoms in total. The van der Waals surface area contributed by atoms with Crippen molar-refractivity contribution >= 4 is 29.1 Å². The fourth-order valence-electron chi connectivity index (χ4n) is 4.02. The standard InChI is InChI=1S/C21H24N4O.ClH/c1-24(16-18-8-4-7-17-6-2-3-9-19(17)18)20(26)21(10-13-22-14-11-21)25-15-5-12-23-25;/h2-9,12,15,22H,10-11,13-14,16H2,1H3;1H. The van der Waals surface area contributed by atoms with E-state index in [1.54, 1.807) is 6.20 Å². The van der Waals surface area contributed by atoms with Crippen LogP contribution in [0.25, 0.3) is 10.8 Å². The quantitative estimate of drug-likeness (QED) is 0.751. The van der Waals surface area contributed by atoms with Gasteiger partial charge in [0.2, 0.25) is 0 Å². The van der Waals surface area contributed by atoms with Crippen LogP contribution in [0.15, 0.2) is 60.9 Å². The largest absolute Gasteiger partial charge is 0.339 e. The minimum Gasteiger partial charge on any atom is -0.339 e. The van der Waals surface area contributed by atoms with Gasteiger partial charge in [0.05, 0.1) is 0 Å². The summed E-state index contributed by atoms with van der Waals surface area (Å²) >= 11 is 0. The van der Waals surface area contributed by atoms with E-state index in [9.17, 15) is 4.79 Å². The Morgan fingerprint density at radius 1 is 1.15 bits per heavy atom. The SMILES string of the molecule is CN(Cc1cccc2ccccc12)C(=O)C1(n2cccn2)CCNCC1.Cl. The van der Waals surface area contributed by atoms with Gasteiger partial charge < -0.3 is 10.2 Å². The third-order valence-electron chi connectivity index (χ3n) is 5.41. The highest BCUT2D eigenvalue weighted by Crippen LogP contribution is 2.30. The summed E-state index contributed by atoms with van der Waals surface area (Å²) in [5, 5.41) is 10.2. The Bertz CT molecular complexity index is 898. The number of likely N-dealkylation sites (N-methyl/N-ethyl adjacent to an activating group) is 1. The first-order valence-corrected chi connectivity index (χ1v) is 9.14. The topological polar surface area (TPSA) is 50.2 Å². The van der Waals surface area contributed by atoms with Crippen molar-refractivity contribution in [3.8, 4) is 0 Å². The Balaban J connectivity index is 0.00000210. The van der Waals surface area contributed by atoms with Gasteiger partial charge in [0.25, 0.3) is 5.91 Å². The number of nitrogens with zero attached hydrogens (tertiary/aromatic N) is 3. The highest BCUT2D eigenvalue weighted by Gasteiger charge is 2.43. The van der Waals surface area contributed by atoms with E-state index in [2.05, 4.69) is 40.7 Å². The van der Waals surface area contributed by atoms with E-state index >= 15 is 0 Å². The van der Waals surface area contributed by atoms with Crippen molar-refractivity contribution in [2.45, 2.75) is 24.9 Å². The molecule has 3 aromatic rings. The lowest BCUT2D eigenvalue weighted by Crippen LogP contribution is -2.54. The molecule has 2 aromatic carbocycles. The van der Waals surface area contributed by atoms with Crippen LogP contribution >= 0.6 is 12.4 Å². The van der Waals surface area contributed by atoms with E-state index in [1.807, 2.05) is 41.0 Å². The first kappa shape index (κ1) is 19.4.